The summed E-state index contributed by atoms with van der Waals surface area (Å²) < 4.78 is 0. The van der Waals surface area contributed by atoms with Crippen molar-refractivity contribution in [1.82, 2.24) is 5.32 Å². The third kappa shape index (κ3) is 45.8. The van der Waals surface area contributed by atoms with Gasteiger partial charge < -0.3 is 15.5 Å². The van der Waals surface area contributed by atoms with Crippen molar-refractivity contribution in [3.8, 4) is 0 Å². The number of hydrogen-bond acceptors (Lipinski definition) is 3. The molecule has 0 aromatic rings. The van der Waals surface area contributed by atoms with Crippen LogP contribution in [0, 0.1) is 0 Å². The van der Waals surface area contributed by atoms with Gasteiger partial charge in [0.1, 0.15) is 0 Å². The third-order valence-electron chi connectivity index (χ3n) is 12.2. The zero-order chi connectivity index (χ0) is 41.4. The van der Waals surface area contributed by atoms with E-state index in [9.17, 15) is 15.0 Å². The highest BCUT2D eigenvalue weighted by Gasteiger charge is 2.20. The van der Waals surface area contributed by atoms with E-state index in [1.54, 1.807) is 0 Å². The van der Waals surface area contributed by atoms with Gasteiger partial charge in [-0.15, -0.1) is 0 Å². The molecule has 0 aliphatic heterocycles. The van der Waals surface area contributed by atoms with Gasteiger partial charge in [-0.25, -0.2) is 0 Å². The van der Waals surface area contributed by atoms with E-state index >= 15 is 0 Å². The van der Waals surface area contributed by atoms with Gasteiger partial charge in [-0.3, -0.25) is 4.79 Å². The number of amides is 1. The van der Waals surface area contributed by atoms with Gasteiger partial charge in [-0.1, -0.05) is 269 Å². The van der Waals surface area contributed by atoms with Crippen LogP contribution in [-0.4, -0.2) is 34.9 Å². The van der Waals surface area contributed by atoms with Crippen LogP contribution in [0.1, 0.15) is 290 Å². The summed E-state index contributed by atoms with van der Waals surface area (Å²) >= 11 is 0. The van der Waals surface area contributed by atoms with Crippen LogP contribution in [-0.2, 0) is 4.79 Å². The van der Waals surface area contributed by atoms with E-state index in [0.717, 1.165) is 38.5 Å². The molecular formula is C53H103NO3. The minimum absolute atomic E-state index is 0.0278. The second kappa shape index (κ2) is 49.2. The van der Waals surface area contributed by atoms with Crippen LogP contribution >= 0.6 is 0 Å². The summed E-state index contributed by atoms with van der Waals surface area (Å²) in [5, 5.41) is 23.3. The molecule has 2 atom stereocenters. The maximum Gasteiger partial charge on any atom is 0.220 e. The van der Waals surface area contributed by atoms with Gasteiger partial charge in [0.15, 0.2) is 0 Å². The first-order valence-electron chi connectivity index (χ1n) is 26.0. The standard InChI is InChI=1S/C53H103NO3/c1-3-5-7-9-11-13-15-17-19-21-23-25-26-27-29-30-32-34-36-38-40-42-44-46-48-52(56)51(50-55)54-53(57)49-47-45-43-41-39-37-35-33-31-28-24-22-20-18-16-14-12-10-8-6-4-2/h6,8,12,14,51-52,55-56H,3-5,7,9-11,13,15-50H2,1-2H3,(H,54,57)/b8-6-,14-12-. The highest BCUT2D eigenvalue weighted by molar-refractivity contribution is 5.76. The lowest BCUT2D eigenvalue weighted by Crippen LogP contribution is -2.45. The summed E-state index contributed by atoms with van der Waals surface area (Å²) in [6, 6.07) is -0.535. The van der Waals surface area contributed by atoms with Gasteiger partial charge in [0.25, 0.3) is 0 Å². The highest BCUT2D eigenvalue weighted by atomic mass is 16.3. The van der Waals surface area contributed by atoms with Crippen molar-refractivity contribution in [3.05, 3.63) is 24.3 Å². The van der Waals surface area contributed by atoms with Crippen LogP contribution in [0.15, 0.2) is 24.3 Å². The van der Waals surface area contributed by atoms with Crippen LogP contribution in [0.4, 0.5) is 0 Å². The molecule has 0 saturated heterocycles. The second-order valence-electron chi connectivity index (χ2n) is 17.9. The van der Waals surface area contributed by atoms with Gasteiger partial charge in [0, 0.05) is 6.42 Å². The number of carbonyl (C=O) groups is 1. The molecular weight excluding hydrogens is 699 g/mol. The Kier molecular flexibility index (Phi) is 48.3. The molecule has 0 rings (SSSR count). The lowest BCUT2D eigenvalue weighted by molar-refractivity contribution is -0.123. The van der Waals surface area contributed by atoms with Crippen LogP contribution < -0.4 is 5.32 Å². The summed E-state index contributed by atoms with van der Waals surface area (Å²) in [5.74, 6) is -0.0278. The Balaban J connectivity index is 3.44. The number of rotatable bonds is 48. The Morgan fingerprint density at radius 1 is 0.439 bits per heavy atom. The highest BCUT2D eigenvalue weighted by Crippen LogP contribution is 2.18. The Morgan fingerprint density at radius 3 is 1.14 bits per heavy atom. The van der Waals surface area contributed by atoms with Gasteiger partial charge in [0.05, 0.1) is 18.8 Å². The van der Waals surface area contributed by atoms with E-state index < -0.39 is 12.1 Å². The number of allylic oxidation sites excluding steroid dienone is 4. The fourth-order valence-corrected chi connectivity index (χ4v) is 8.28. The van der Waals surface area contributed by atoms with Crippen molar-refractivity contribution in [3.63, 3.8) is 0 Å². The van der Waals surface area contributed by atoms with Crippen molar-refractivity contribution in [2.24, 2.45) is 0 Å². The van der Waals surface area contributed by atoms with E-state index in [1.165, 1.54) is 225 Å². The van der Waals surface area contributed by atoms with Crippen LogP contribution in [0.2, 0.25) is 0 Å². The molecule has 0 heterocycles. The van der Waals surface area contributed by atoms with E-state index in [4.69, 9.17) is 0 Å². The lowest BCUT2D eigenvalue weighted by Gasteiger charge is -2.22. The molecule has 57 heavy (non-hydrogen) atoms. The average molecular weight is 802 g/mol. The maximum absolute atomic E-state index is 12.5. The Morgan fingerprint density at radius 2 is 0.772 bits per heavy atom. The van der Waals surface area contributed by atoms with E-state index in [2.05, 4.69) is 43.5 Å². The molecule has 0 aromatic heterocycles. The van der Waals surface area contributed by atoms with Crippen molar-refractivity contribution in [1.29, 1.82) is 0 Å². The van der Waals surface area contributed by atoms with Crippen molar-refractivity contribution in [2.45, 2.75) is 302 Å². The third-order valence-corrected chi connectivity index (χ3v) is 12.2. The quantitative estimate of drug-likeness (QED) is 0.0424. The minimum atomic E-state index is -0.658. The lowest BCUT2D eigenvalue weighted by atomic mass is 10.0. The Hall–Kier alpha value is -1.13. The molecule has 0 spiro atoms. The summed E-state index contributed by atoms with van der Waals surface area (Å²) in [6.07, 6.45) is 64.3. The molecule has 2 unspecified atom stereocenters. The van der Waals surface area contributed by atoms with Gasteiger partial charge in [-0.05, 0) is 38.5 Å². The summed E-state index contributed by atoms with van der Waals surface area (Å²) in [4.78, 5) is 12.5. The number of aliphatic hydroxyl groups excluding tert-OH is 2. The minimum Gasteiger partial charge on any atom is -0.394 e. The zero-order valence-electron chi connectivity index (χ0n) is 38.9. The normalized spacial score (nSPS) is 13.0. The van der Waals surface area contributed by atoms with Crippen molar-refractivity contribution < 1.29 is 15.0 Å². The molecule has 3 N–H and O–H groups in total. The second-order valence-corrected chi connectivity index (χ2v) is 17.9. The largest absolute Gasteiger partial charge is 0.394 e. The molecule has 0 bridgehead atoms. The molecule has 0 fully saturated rings. The topological polar surface area (TPSA) is 69.6 Å². The number of unbranched alkanes of at least 4 members (excludes halogenated alkanes) is 37. The van der Waals surface area contributed by atoms with E-state index in [-0.39, 0.29) is 12.5 Å². The number of nitrogens with one attached hydrogen (secondary N) is 1. The van der Waals surface area contributed by atoms with Gasteiger partial charge in [0.2, 0.25) is 5.91 Å². The average Bonchev–Trinajstić information content (AvgIpc) is 3.22. The van der Waals surface area contributed by atoms with E-state index in [1.807, 2.05) is 0 Å². The molecule has 0 saturated carbocycles. The zero-order valence-corrected chi connectivity index (χ0v) is 38.9. The van der Waals surface area contributed by atoms with Crippen LogP contribution in [0.25, 0.3) is 0 Å². The fourth-order valence-electron chi connectivity index (χ4n) is 8.28. The Bertz CT molecular complexity index is 825. The van der Waals surface area contributed by atoms with Gasteiger partial charge in [-0.2, -0.15) is 0 Å². The Labute approximate surface area is 358 Å². The summed E-state index contributed by atoms with van der Waals surface area (Å²) in [7, 11) is 0. The molecule has 0 aliphatic rings. The molecule has 0 aromatic carbocycles. The maximum atomic E-state index is 12.5. The molecule has 1 amide bonds. The van der Waals surface area contributed by atoms with Crippen molar-refractivity contribution in [2.75, 3.05) is 6.61 Å². The first-order chi connectivity index (χ1) is 28.2. The number of aliphatic hydroxyl groups is 2. The monoisotopic (exact) mass is 802 g/mol. The first kappa shape index (κ1) is 55.9. The van der Waals surface area contributed by atoms with Crippen LogP contribution in [0.3, 0.4) is 0 Å². The van der Waals surface area contributed by atoms with Crippen LogP contribution in [0.5, 0.6) is 0 Å². The fraction of sp³-hybridized carbons (Fsp3) is 0.906. The predicted molar refractivity (Wildman–Crippen MR) is 253 cm³/mol. The first-order valence-corrected chi connectivity index (χ1v) is 26.0. The number of carbonyl (C=O) groups excluding carboxylic acids is 1. The predicted octanol–water partition coefficient (Wildman–Crippen LogP) is 16.8. The van der Waals surface area contributed by atoms with E-state index in [0.29, 0.717) is 12.8 Å². The molecule has 0 aliphatic carbocycles. The summed E-state index contributed by atoms with van der Waals surface area (Å²) in [6.45, 7) is 4.29. The molecule has 4 nitrogen and oxygen atoms in total. The molecule has 338 valence electrons. The summed E-state index contributed by atoms with van der Waals surface area (Å²) in [5.41, 5.74) is 0. The van der Waals surface area contributed by atoms with Crippen molar-refractivity contribution >= 4 is 5.91 Å². The smallest absolute Gasteiger partial charge is 0.220 e. The SMILES string of the molecule is CC/C=C\C/C=C\CCCCCCCCCCCCCCCCC(=O)NC(CO)C(O)CCCCCCCCCCCCCCCCCCCCCCCCCC. The number of hydrogen-bond donors (Lipinski definition) is 3. The molecule has 4 heteroatoms. The molecule has 0 radical (unpaired) electrons. The van der Waals surface area contributed by atoms with Gasteiger partial charge >= 0.3 is 0 Å².